The largest absolute Gasteiger partial charge is 0.246 e. The summed E-state index contributed by atoms with van der Waals surface area (Å²) in [5.74, 6) is -3.79. The quantitative estimate of drug-likeness (QED) is 0.815. The summed E-state index contributed by atoms with van der Waals surface area (Å²) in [7, 11) is -4.40. The van der Waals surface area contributed by atoms with Crippen molar-refractivity contribution in [3.05, 3.63) is 29.6 Å². The molecule has 0 spiro atoms. The second-order valence-corrected chi connectivity index (χ2v) is 7.21. The molecule has 0 aliphatic carbocycles. The van der Waals surface area contributed by atoms with Crippen LogP contribution in [-0.2, 0) is 10.0 Å². The molecule has 1 rings (SSSR count). The van der Waals surface area contributed by atoms with Crippen molar-refractivity contribution in [2.45, 2.75) is 25.2 Å². The molecule has 114 valence electrons. The molecule has 20 heavy (non-hydrogen) atoms. The average molecular weight is 330 g/mol. The first kappa shape index (κ1) is 17.3. The van der Waals surface area contributed by atoms with Gasteiger partial charge in [0.15, 0.2) is 4.90 Å². The molecule has 1 aromatic rings. The lowest BCUT2D eigenvalue weighted by Crippen LogP contribution is -2.35. The summed E-state index contributed by atoms with van der Waals surface area (Å²) in [6.07, 6.45) is 0.519. The molecule has 0 fully saturated rings. The van der Waals surface area contributed by atoms with Crippen LogP contribution in [0.2, 0.25) is 0 Å². The number of hydrogen-bond donors (Lipinski definition) is 1. The van der Waals surface area contributed by atoms with Crippen molar-refractivity contribution in [2.24, 2.45) is 5.41 Å². The lowest BCUT2D eigenvalue weighted by Gasteiger charge is -2.23. The van der Waals surface area contributed by atoms with Crippen LogP contribution in [0.5, 0.6) is 0 Å². The number of benzene rings is 1. The SMILES string of the molecule is CC(C)(CCCl)CNS(=O)(=O)c1c(F)cc(F)cc1F. The Kier molecular flexibility index (Phi) is 5.46. The monoisotopic (exact) mass is 329 g/mol. The summed E-state index contributed by atoms with van der Waals surface area (Å²) >= 11 is 5.58. The Labute approximate surface area is 121 Å². The second kappa shape index (κ2) is 6.32. The molecular weight excluding hydrogens is 315 g/mol. The van der Waals surface area contributed by atoms with Crippen LogP contribution < -0.4 is 4.72 Å². The Bertz CT molecular complexity index is 567. The second-order valence-electron chi connectivity index (χ2n) is 5.13. The van der Waals surface area contributed by atoms with E-state index in [1.54, 1.807) is 13.8 Å². The van der Waals surface area contributed by atoms with Crippen LogP contribution in [0.25, 0.3) is 0 Å². The maximum absolute atomic E-state index is 13.5. The first-order valence-electron chi connectivity index (χ1n) is 5.79. The van der Waals surface area contributed by atoms with Crippen LogP contribution in [0.4, 0.5) is 13.2 Å². The fraction of sp³-hybridized carbons (Fsp3) is 0.500. The number of rotatable bonds is 6. The van der Waals surface area contributed by atoms with Gasteiger partial charge in [-0.1, -0.05) is 13.8 Å². The molecule has 0 radical (unpaired) electrons. The van der Waals surface area contributed by atoms with Gasteiger partial charge in [0.25, 0.3) is 0 Å². The predicted molar refractivity (Wildman–Crippen MR) is 70.6 cm³/mol. The van der Waals surface area contributed by atoms with Gasteiger partial charge in [0.1, 0.15) is 17.5 Å². The molecule has 0 aromatic heterocycles. The van der Waals surface area contributed by atoms with Gasteiger partial charge < -0.3 is 0 Å². The molecule has 1 aromatic carbocycles. The van der Waals surface area contributed by atoms with Crippen molar-refractivity contribution in [1.82, 2.24) is 4.72 Å². The summed E-state index contributed by atoms with van der Waals surface area (Å²) in [5.41, 5.74) is -0.470. The van der Waals surface area contributed by atoms with Crippen LogP contribution in [-0.4, -0.2) is 20.8 Å². The third-order valence-electron chi connectivity index (χ3n) is 2.74. The first-order valence-corrected chi connectivity index (χ1v) is 7.81. The predicted octanol–water partition coefficient (Wildman–Crippen LogP) is 3.04. The zero-order valence-corrected chi connectivity index (χ0v) is 12.6. The third kappa shape index (κ3) is 4.36. The van der Waals surface area contributed by atoms with Gasteiger partial charge >= 0.3 is 0 Å². The molecule has 0 unspecified atom stereocenters. The molecule has 0 saturated heterocycles. The van der Waals surface area contributed by atoms with E-state index in [2.05, 4.69) is 4.72 Å². The molecule has 0 amide bonds. The highest BCUT2D eigenvalue weighted by Crippen LogP contribution is 2.23. The standard InChI is InChI=1S/C12H15ClF3NO2S/c1-12(2,3-4-13)7-17-20(18,19)11-9(15)5-8(14)6-10(11)16/h5-6,17H,3-4,7H2,1-2H3. The number of nitrogens with one attached hydrogen (secondary N) is 1. The van der Waals surface area contributed by atoms with E-state index in [-0.39, 0.29) is 6.54 Å². The van der Waals surface area contributed by atoms with Gasteiger partial charge in [-0.2, -0.15) is 0 Å². The van der Waals surface area contributed by atoms with E-state index < -0.39 is 37.8 Å². The number of alkyl halides is 1. The van der Waals surface area contributed by atoms with Crippen molar-refractivity contribution in [3.8, 4) is 0 Å². The normalized spacial score (nSPS) is 12.7. The Morgan fingerprint density at radius 1 is 1.20 bits per heavy atom. The maximum Gasteiger partial charge on any atom is 0.246 e. The first-order chi connectivity index (χ1) is 9.09. The van der Waals surface area contributed by atoms with E-state index in [1.807, 2.05) is 0 Å². The number of sulfonamides is 1. The van der Waals surface area contributed by atoms with Crippen LogP contribution >= 0.6 is 11.6 Å². The highest BCUT2D eigenvalue weighted by molar-refractivity contribution is 7.89. The summed E-state index contributed by atoms with van der Waals surface area (Å²) in [4.78, 5) is -1.18. The van der Waals surface area contributed by atoms with Crippen molar-refractivity contribution < 1.29 is 21.6 Å². The average Bonchev–Trinajstić information content (AvgIpc) is 2.24. The number of hydrogen-bond acceptors (Lipinski definition) is 2. The van der Waals surface area contributed by atoms with E-state index in [9.17, 15) is 21.6 Å². The van der Waals surface area contributed by atoms with Gasteiger partial charge in [-0.15, -0.1) is 11.6 Å². The minimum Gasteiger partial charge on any atom is -0.210 e. The zero-order valence-electron chi connectivity index (χ0n) is 11.0. The molecule has 3 nitrogen and oxygen atoms in total. The van der Waals surface area contributed by atoms with Gasteiger partial charge in [-0.3, -0.25) is 0 Å². The highest BCUT2D eigenvalue weighted by atomic mass is 35.5. The summed E-state index contributed by atoms with van der Waals surface area (Å²) in [6.45, 7) is 3.48. The molecule has 0 atom stereocenters. The van der Waals surface area contributed by atoms with Crippen molar-refractivity contribution in [2.75, 3.05) is 12.4 Å². The van der Waals surface area contributed by atoms with E-state index >= 15 is 0 Å². The van der Waals surface area contributed by atoms with Crippen LogP contribution in [0.15, 0.2) is 17.0 Å². The summed E-state index contributed by atoms with van der Waals surface area (Å²) in [6, 6.07) is 0.642. The highest BCUT2D eigenvalue weighted by Gasteiger charge is 2.27. The van der Waals surface area contributed by atoms with Crippen molar-refractivity contribution in [3.63, 3.8) is 0 Å². The maximum atomic E-state index is 13.5. The van der Waals surface area contributed by atoms with E-state index in [0.717, 1.165) is 0 Å². The topological polar surface area (TPSA) is 46.2 Å². The molecule has 0 saturated carbocycles. The Hall–Kier alpha value is -0.790. The van der Waals surface area contributed by atoms with Gasteiger partial charge in [0.2, 0.25) is 10.0 Å². The lowest BCUT2D eigenvalue weighted by atomic mass is 9.91. The summed E-state index contributed by atoms with van der Waals surface area (Å²) in [5, 5.41) is 0. The van der Waals surface area contributed by atoms with Gasteiger partial charge in [-0.25, -0.2) is 26.3 Å². The molecular formula is C12H15ClF3NO2S. The smallest absolute Gasteiger partial charge is 0.210 e. The number of halogens is 4. The minimum atomic E-state index is -4.40. The third-order valence-corrected chi connectivity index (χ3v) is 4.38. The van der Waals surface area contributed by atoms with Gasteiger partial charge in [0, 0.05) is 24.6 Å². The van der Waals surface area contributed by atoms with E-state index in [4.69, 9.17) is 11.6 Å². The fourth-order valence-electron chi connectivity index (χ4n) is 1.49. The Morgan fingerprint density at radius 3 is 2.15 bits per heavy atom. The van der Waals surface area contributed by atoms with E-state index in [1.165, 1.54) is 0 Å². The molecule has 0 aliphatic heterocycles. The van der Waals surface area contributed by atoms with Gasteiger partial charge in [-0.05, 0) is 11.8 Å². The lowest BCUT2D eigenvalue weighted by molar-refractivity contribution is 0.351. The molecule has 0 aliphatic rings. The zero-order chi connectivity index (χ0) is 15.6. The Morgan fingerprint density at radius 2 is 1.70 bits per heavy atom. The van der Waals surface area contributed by atoms with Crippen LogP contribution in [0.3, 0.4) is 0 Å². The van der Waals surface area contributed by atoms with Crippen LogP contribution in [0, 0.1) is 22.9 Å². The minimum absolute atomic E-state index is 0.0433. The summed E-state index contributed by atoms with van der Waals surface area (Å²) < 4.78 is 65.6. The Balaban J connectivity index is 3.01. The van der Waals surface area contributed by atoms with Crippen molar-refractivity contribution in [1.29, 1.82) is 0 Å². The molecule has 0 heterocycles. The molecule has 8 heteroatoms. The van der Waals surface area contributed by atoms with Crippen molar-refractivity contribution >= 4 is 21.6 Å². The van der Waals surface area contributed by atoms with Gasteiger partial charge in [0.05, 0.1) is 0 Å². The van der Waals surface area contributed by atoms with E-state index in [0.29, 0.717) is 24.4 Å². The molecule has 0 bridgehead atoms. The van der Waals surface area contributed by atoms with Crippen LogP contribution in [0.1, 0.15) is 20.3 Å². The molecule has 1 N–H and O–H groups in total. The fourth-order valence-corrected chi connectivity index (χ4v) is 3.36.